The molecule has 2 aliphatic carbocycles. The molecule has 1 heterocycles. The minimum Gasteiger partial charge on any atom is -0.369 e. The molecule has 1 nitrogen and oxygen atoms in total. The van der Waals surface area contributed by atoms with Gasteiger partial charge in [0.25, 0.3) is 0 Å². The van der Waals surface area contributed by atoms with Gasteiger partial charge in [0.15, 0.2) is 0 Å². The average Bonchev–Trinajstić information content (AvgIpc) is 2.85. The van der Waals surface area contributed by atoms with E-state index in [-0.39, 0.29) is 0 Å². The first-order valence-corrected chi connectivity index (χ1v) is 6.02. The molecule has 1 heteroatoms. The normalized spacial score (nSPS) is 39.3. The number of rotatable bonds is 0. The van der Waals surface area contributed by atoms with Crippen LogP contribution in [0.5, 0.6) is 0 Å². The molecule has 2 saturated carbocycles. The third kappa shape index (κ3) is 1.81. The second-order valence-electron chi connectivity index (χ2n) is 5.05. The Bertz CT molecular complexity index is 318. The molecule has 1 saturated heterocycles. The van der Waals surface area contributed by atoms with Gasteiger partial charge in [-0.15, -0.1) is 0 Å². The zero-order valence-electron chi connectivity index (χ0n) is 9.23. The van der Waals surface area contributed by atoms with Crippen molar-refractivity contribution in [2.75, 3.05) is 0 Å². The molecule has 80 valence electrons. The molecule has 4 rings (SSSR count). The summed E-state index contributed by atoms with van der Waals surface area (Å²) in [6, 6.07) is 10.3. The van der Waals surface area contributed by atoms with E-state index in [0.29, 0.717) is 0 Å². The van der Waals surface area contributed by atoms with Gasteiger partial charge in [0.2, 0.25) is 0 Å². The Balaban J connectivity index is 0.0000000979. The van der Waals surface area contributed by atoms with Gasteiger partial charge < -0.3 is 4.74 Å². The fourth-order valence-corrected chi connectivity index (χ4v) is 3.08. The number of epoxide rings is 1. The highest BCUT2D eigenvalue weighted by Crippen LogP contribution is 2.55. The predicted molar refractivity (Wildman–Crippen MR) is 60.7 cm³/mol. The van der Waals surface area contributed by atoms with Crippen molar-refractivity contribution in [2.45, 2.75) is 38.4 Å². The zero-order chi connectivity index (χ0) is 10.3. The fourth-order valence-electron chi connectivity index (χ4n) is 3.08. The Kier molecular flexibility index (Phi) is 2.28. The molecule has 3 fully saturated rings. The molecule has 0 aromatic heterocycles. The summed E-state index contributed by atoms with van der Waals surface area (Å²) in [4.78, 5) is 0. The van der Waals surface area contributed by atoms with E-state index in [0.717, 1.165) is 24.0 Å². The van der Waals surface area contributed by atoms with Gasteiger partial charge in [-0.2, -0.15) is 0 Å². The number of fused-ring (bicyclic) bond motifs is 5. The highest BCUT2D eigenvalue weighted by molar-refractivity contribution is 5.11. The highest BCUT2D eigenvalue weighted by atomic mass is 16.6. The van der Waals surface area contributed by atoms with Crippen molar-refractivity contribution in [1.29, 1.82) is 0 Å². The summed E-state index contributed by atoms with van der Waals surface area (Å²) >= 11 is 0. The van der Waals surface area contributed by atoms with Crippen LogP contribution in [0, 0.1) is 18.8 Å². The van der Waals surface area contributed by atoms with Gasteiger partial charge in [-0.25, -0.2) is 0 Å². The highest BCUT2D eigenvalue weighted by Gasteiger charge is 2.59. The minimum atomic E-state index is 0.744. The van der Waals surface area contributed by atoms with Gasteiger partial charge in [-0.3, -0.25) is 0 Å². The summed E-state index contributed by atoms with van der Waals surface area (Å²) < 4.78 is 5.44. The van der Waals surface area contributed by atoms with Crippen LogP contribution in [0.1, 0.15) is 24.8 Å². The van der Waals surface area contributed by atoms with E-state index < -0.39 is 0 Å². The van der Waals surface area contributed by atoms with Gasteiger partial charge in [0, 0.05) is 0 Å². The van der Waals surface area contributed by atoms with E-state index >= 15 is 0 Å². The van der Waals surface area contributed by atoms with Crippen molar-refractivity contribution in [3.8, 4) is 0 Å². The second-order valence-corrected chi connectivity index (χ2v) is 5.05. The van der Waals surface area contributed by atoms with Crippen molar-refractivity contribution in [2.24, 2.45) is 11.8 Å². The van der Waals surface area contributed by atoms with Crippen molar-refractivity contribution in [3.63, 3.8) is 0 Å². The first-order valence-electron chi connectivity index (χ1n) is 6.02. The summed E-state index contributed by atoms with van der Waals surface area (Å²) in [5.74, 6) is 1.98. The fraction of sp³-hybridized carbons (Fsp3) is 0.571. The van der Waals surface area contributed by atoms with E-state index in [1.54, 1.807) is 0 Å². The summed E-state index contributed by atoms with van der Waals surface area (Å²) in [7, 11) is 0. The summed E-state index contributed by atoms with van der Waals surface area (Å²) in [6.45, 7) is 2.08. The lowest BCUT2D eigenvalue weighted by Gasteiger charge is -1.99. The molecule has 4 atom stereocenters. The average molecular weight is 202 g/mol. The molecule has 0 radical (unpaired) electrons. The Morgan fingerprint density at radius 1 is 1.00 bits per heavy atom. The van der Waals surface area contributed by atoms with Gasteiger partial charge in [-0.1, -0.05) is 35.9 Å². The molecule has 3 aliphatic rings. The molecule has 15 heavy (non-hydrogen) atoms. The van der Waals surface area contributed by atoms with Crippen LogP contribution in [0.3, 0.4) is 0 Å². The third-order valence-electron chi connectivity index (χ3n) is 3.94. The van der Waals surface area contributed by atoms with Crippen molar-refractivity contribution in [1.82, 2.24) is 0 Å². The molecular formula is C14H18O. The smallest absolute Gasteiger partial charge is 0.0872 e. The largest absolute Gasteiger partial charge is 0.369 e. The van der Waals surface area contributed by atoms with Gasteiger partial charge >= 0.3 is 0 Å². The maximum Gasteiger partial charge on any atom is 0.0872 e. The first kappa shape index (κ1) is 9.41. The van der Waals surface area contributed by atoms with E-state index in [9.17, 15) is 0 Å². The Hall–Kier alpha value is -0.820. The van der Waals surface area contributed by atoms with E-state index in [1.807, 2.05) is 18.2 Å². The standard InChI is InChI=1S/C7H10O.C7H8/c1-2-5-3-4(1)6-7(5)8-6;1-7-5-3-2-4-6-7/h4-7H,1-3H2;2-6H,1H3. The predicted octanol–water partition coefficient (Wildman–Crippen LogP) is 3.18. The van der Waals surface area contributed by atoms with Crippen LogP contribution < -0.4 is 0 Å². The molecule has 0 amide bonds. The zero-order valence-corrected chi connectivity index (χ0v) is 9.23. The van der Waals surface area contributed by atoms with Crippen LogP contribution >= 0.6 is 0 Å². The third-order valence-corrected chi connectivity index (χ3v) is 3.94. The lowest BCUT2D eigenvalue weighted by Crippen LogP contribution is -2.04. The summed E-state index contributed by atoms with van der Waals surface area (Å²) in [5, 5.41) is 0. The number of aryl methyl sites for hydroxylation is 1. The SMILES string of the molecule is C1CC2CC1C1OC21.Cc1ccccc1. The van der Waals surface area contributed by atoms with Gasteiger partial charge in [0.1, 0.15) is 0 Å². The van der Waals surface area contributed by atoms with Crippen LogP contribution in [0.15, 0.2) is 30.3 Å². The molecule has 1 aliphatic heterocycles. The second kappa shape index (κ2) is 3.64. The lowest BCUT2D eigenvalue weighted by atomic mass is 10.0. The first-order chi connectivity index (χ1) is 7.34. The molecule has 0 N–H and O–H groups in total. The van der Waals surface area contributed by atoms with Crippen LogP contribution in [-0.4, -0.2) is 12.2 Å². The maximum atomic E-state index is 5.44. The Labute approximate surface area is 91.5 Å². The van der Waals surface area contributed by atoms with Gasteiger partial charge in [0.05, 0.1) is 12.2 Å². The van der Waals surface area contributed by atoms with E-state index in [1.165, 1.54) is 24.8 Å². The molecule has 1 aromatic carbocycles. The number of hydrogen-bond acceptors (Lipinski definition) is 1. The lowest BCUT2D eigenvalue weighted by molar-refractivity contribution is 0.264. The van der Waals surface area contributed by atoms with Crippen molar-refractivity contribution in [3.05, 3.63) is 35.9 Å². The Morgan fingerprint density at radius 3 is 1.93 bits per heavy atom. The monoisotopic (exact) mass is 202 g/mol. The van der Waals surface area contributed by atoms with Crippen molar-refractivity contribution >= 4 is 0 Å². The quantitative estimate of drug-likeness (QED) is 0.589. The van der Waals surface area contributed by atoms with Crippen molar-refractivity contribution < 1.29 is 4.74 Å². The molecule has 2 bridgehead atoms. The minimum absolute atomic E-state index is 0.744. The van der Waals surface area contributed by atoms with Crippen LogP contribution in [-0.2, 0) is 4.74 Å². The topological polar surface area (TPSA) is 12.5 Å². The number of benzene rings is 1. The Morgan fingerprint density at radius 2 is 1.60 bits per heavy atom. The molecule has 4 unspecified atom stereocenters. The molecule has 0 spiro atoms. The number of ether oxygens (including phenoxy) is 1. The maximum absolute atomic E-state index is 5.44. The van der Waals surface area contributed by atoms with Crippen LogP contribution in [0.2, 0.25) is 0 Å². The van der Waals surface area contributed by atoms with Crippen LogP contribution in [0.25, 0.3) is 0 Å². The van der Waals surface area contributed by atoms with Gasteiger partial charge in [-0.05, 0) is 38.0 Å². The summed E-state index contributed by atoms with van der Waals surface area (Å²) in [5.41, 5.74) is 1.32. The molecular weight excluding hydrogens is 184 g/mol. The number of hydrogen-bond donors (Lipinski definition) is 0. The summed E-state index contributed by atoms with van der Waals surface area (Å²) in [6.07, 6.45) is 5.91. The van der Waals surface area contributed by atoms with E-state index in [4.69, 9.17) is 4.74 Å². The molecule has 1 aromatic rings. The van der Waals surface area contributed by atoms with Crippen LogP contribution in [0.4, 0.5) is 0 Å². The van der Waals surface area contributed by atoms with E-state index in [2.05, 4.69) is 19.1 Å².